The number of aliphatic hydroxyl groups is 1. The van der Waals surface area contributed by atoms with Crippen LogP contribution in [0.3, 0.4) is 0 Å². The molecule has 30 valence electrons. The summed E-state index contributed by atoms with van der Waals surface area (Å²) in [6.45, 7) is 2.25. The first-order chi connectivity index (χ1) is 1.91. The first kappa shape index (κ1) is 9.30. The normalized spacial score (nSPS) is 6.00. The average molecular weight is 267 g/mol. The fraction of sp³-hybridized carbons (Fsp3) is 1.00. The van der Waals surface area contributed by atoms with Crippen LogP contribution in [0.1, 0.15) is 13.3 Å². The Morgan fingerprint density at radius 1 is 1.60 bits per heavy atom. The van der Waals surface area contributed by atoms with E-state index >= 15 is 0 Å². The summed E-state index contributed by atoms with van der Waals surface area (Å²) in [7, 11) is 0. The molecule has 0 aromatic heterocycles. The van der Waals surface area contributed by atoms with Crippen LogP contribution in [0.15, 0.2) is 0 Å². The van der Waals surface area contributed by atoms with Gasteiger partial charge in [-0.1, -0.05) is 6.92 Å². The van der Waals surface area contributed by atoms with Crippen molar-refractivity contribution in [1.29, 1.82) is 0 Å². The summed E-state index contributed by atoms with van der Waals surface area (Å²) in [5.74, 6) is 0. The van der Waals surface area contributed by atoms with Crippen molar-refractivity contribution in [1.82, 2.24) is 0 Å². The molecule has 0 aliphatic rings. The van der Waals surface area contributed by atoms with E-state index in [0.29, 0.717) is 6.61 Å². The zero-order valence-electron chi connectivity index (χ0n) is 3.36. The van der Waals surface area contributed by atoms with Crippen LogP contribution in [-0.2, 0) is 0 Å². The molecule has 0 aliphatic heterocycles. The molecule has 0 amide bonds. The second-order valence-corrected chi connectivity index (χ2v) is 0.724. The van der Waals surface area contributed by atoms with E-state index in [4.69, 9.17) is 5.11 Å². The molecule has 0 spiro atoms. The summed E-state index contributed by atoms with van der Waals surface area (Å²) >= 11 is 0. The van der Waals surface area contributed by atoms with Gasteiger partial charge in [0.05, 0.1) is 0 Å². The quantitative estimate of drug-likeness (QED) is 0.664. The van der Waals surface area contributed by atoms with Crippen molar-refractivity contribution in [3.8, 4) is 0 Å². The zero-order chi connectivity index (χ0) is 3.41. The third kappa shape index (κ3) is 11.4. The standard InChI is InChI=1S/C3H8O.Pb/c1-2-3-4;/h4H,2-3H2,1H3;. The molecule has 1 nitrogen and oxygen atoms in total. The predicted octanol–water partition coefficient (Wildman–Crippen LogP) is 0.00790. The Balaban J connectivity index is 0. The molecule has 1 N–H and O–H groups in total. The molecule has 0 atom stereocenters. The number of rotatable bonds is 1. The molecule has 5 heavy (non-hydrogen) atoms. The number of hydrogen-bond donors (Lipinski definition) is 1. The van der Waals surface area contributed by atoms with E-state index in [1.54, 1.807) is 0 Å². The second-order valence-electron chi connectivity index (χ2n) is 0.724. The summed E-state index contributed by atoms with van der Waals surface area (Å²) in [4.78, 5) is 0. The van der Waals surface area contributed by atoms with Crippen LogP contribution < -0.4 is 0 Å². The van der Waals surface area contributed by atoms with Crippen molar-refractivity contribution in [3.63, 3.8) is 0 Å². The first-order valence-electron chi connectivity index (χ1n) is 1.52. The van der Waals surface area contributed by atoms with E-state index in [9.17, 15) is 0 Å². The van der Waals surface area contributed by atoms with E-state index in [1.807, 2.05) is 6.92 Å². The monoisotopic (exact) mass is 268 g/mol. The second kappa shape index (κ2) is 8.86. The van der Waals surface area contributed by atoms with Gasteiger partial charge in [-0.3, -0.25) is 0 Å². The number of aliphatic hydroxyl groups excluding tert-OH is 1. The first-order valence-corrected chi connectivity index (χ1v) is 1.52. The molecular weight excluding hydrogens is 259 g/mol. The minimum Gasteiger partial charge on any atom is -0.396 e. The van der Waals surface area contributed by atoms with E-state index in [1.165, 1.54) is 0 Å². The van der Waals surface area contributed by atoms with Gasteiger partial charge >= 0.3 is 0 Å². The smallest absolute Gasteiger partial charge is 0.0428 e. The minimum atomic E-state index is 0. The van der Waals surface area contributed by atoms with Gasteiger partial charge in [0.1, 0.15) is 0 Å². The molecule has 0 aromatic rings. The molecule has 2 heteroatoms. The molecule has 4 radical (unpaired) electrons. The Bertz CT molecular complexity index is 8.85. The summed E-state index contributed by atoms with van der Waals surface area (Å²) in [5.41, 5.74) is 0. The van der Waals surface area contributed by atoms with Crippen LogP contribution in [-0.4, -0.2) is 39.0 Å². The van der Waals surface area contributed by atoms with Crippen LogP contribution in [0.5, 0.6) is 0 Å². The van der Waals surface area contributed by atoms with Crippen LogP contribution in [0, 0.1) is 0 Å². The molecule has 0 saturated heterocycles. The van der Waals surface area contributed by atoms with Gasteiger partial charge < -0.3 is 5.11 Å². The van der Waals surface area contributed by atoms with Gasteiger partial charge in [-0.2, -0.15) is 0 Å². The Morgan fingerprint density at radius 3 is 1.80 bits per heavy atom. The maximum atomic E-state index is 7.88. The summed E-state index contributed by atoms with van der Waals surface area (Å²) in [5, 5.41) is 7.88. The Hall–Kier alpha value is 0.882. The van der Waals surface area contributed by atoms with Gasteiger partial charge in [0.25, 0.3) is 0 Å². The van der Waals surface area contributed by atoms with Crippen molar-refractivity contribution >= 4 is 27.3 Å². The summed E-state index contributed by atoms with van der Waals surface area (Å²) < 4.78 is 0. The topological polar surface area (TPSA) is 20.2 Å². The minimum absolute atomic E-state index is 0. The third-order valence-electron chi connectivity index (χ3n) is 0.224. The zero-order valence-corrected chi connectivity index (χ0v) is 7.25. The van der Waals surface area contributed by atoms with E-state index < -0.39 is 0 Å². The third-order valence-corrected chi connectivity index (χ3v) is 0.224. The van der Waals surface area contributed by atoms with Gasteiger partial charge in [-0.15, -0.1) is 0 Å². The fourth-order valence-corrected chi connectivity index (χ4v) is 0. The van der Waals surface area contributed by atoms with Crippen molar-refractivity contribution in [3.05, 3.63) is 0 Å². The Labute approximate surface area is 52.5 Å². The average Bonchev–Trinajstić information content (AvgIpc) is 1.37. The molecular formula is C3H8OPb. The largest absolute Gasteiger partial charge is 0.396 e. The Morgan fingerprint density at radius 2 is 1.80 bits per heavy atom. The van der Waals surface area contributed by atoms with Gasteiger partial charge in [0.2, 0.25) is 0 Å². The summed E-state index contributed by atoms with van der Waals surface area (Å²) in [6, 6.07) is 0. The van der Waals surface area contributed by atoms with Crippen molar-refractivity contribution < 1.29 is 5.11 Å². The molecule has 0 unspecified atom stereocenters. The maximum Gasteiger partial charge on any atom is 0.0428 e. The fourth-order valence-electron chi connectivity index (χ4n) is 0. The van der Waals surface area contributed by atoms with Gasteiger partial charge in [0.15, 0.2) is 0 Å². The van der Waals surface area contributed by atoms with Gasteiger partial charge in [-0.05, 0) is 6.42 Å². The molecule has 0 saturated carbocycles. The van der Waals surface area contributed by atoms with Crippen molar-refractivity contribution in [2.75, 3.05) is 6.61 Å². The van der Waals surface area contributed by atoms with E-state index in [-0.39, 0.29) is 27.3 Å². The number of hydrogen-bond acceptors (Lipinski definition) is 1. The molecule has 0 aliphatic carbocycles. The van der Waals surface area contributed by atoms with Gasteiger partial charge in [0, 0.05) is 33.9 Å². The maximum absolute atomic E-state index is 7.88. The van der Waals surface area contributed by atoms with E-state index in [0.717, 1.165) is 6.42 Å². The molecule has 0 aromatic carbocycles. The molecule has 0 fully saturated rings. The molecule has 0 bridgehead atoms. The predicted molar refractivity (Wildman–Crippen MR) is 23.1 cm³/mol. The van der Waals surface area contributed by atoms with Gasteiger partial charge in [-0.25, -0.2) is 0 Å². The van der Waals surface area contributed by atoms with E-state index in [2.05, 4.69) is 0 Å². The van der Waals surface area contributed by atoms with Crippen molar-refractivity contribution in [2.24, 2.45) is 0 Å². The summed E-state index contributed by atoms with van der Waals surface area (Å²) in [6.07, 6.45) is 0.875. The molecule has 0 rings (SSSR count). The van der Waals surface area contributed by atoms with Crippen LogP contribution >= 0.6 is 0 Å². The molecule has 0 heterocycles. The van der Waals surface area contributed by atoms with Crippen LogP contribution in [0.25, 0.3) is 0 Å². The SMILES string of the molecule is CCCO.[Pb]. The van der Waals surface area contributed by atoms with Crippen LogP contribution in [0.4, 0.5) is 0 Å². The van der Waals surface area contributed by atoms with Crippen LogP contribution in [0.2, 0.25) is 0 Å². The Kier molecular flexibility index (Phi) is 16.5. The van der Waals surface area contributed by atoms with Crippen molar-refractivity contribution in [2.45, 2.75) is 13.3 Å².